The zero-order valence-corrected chi connectivity index (χ0v) is 16.9. The van der Waals surface area contributed by atoms with Gasteiger partial charge in [0.2, 0.25) is 11.9 Å². The number of carbonyl (C=O) groups excluding carboxylic acids is 2. The van der Waals surface area contributed by atoms with E-state index < -0.39 is 17.6 Å². The summed E-state index contributed by atoms with van der Waals surface area (Å²) < 4.78 is 14.6. The van der Waals surface area contributed by atoms with Gasteiger partial charge in [0, 0.05) is 23.5 Å². The SMILES string of the molecule is C[C@H]1NC(=O)Nc2cccc(c2)Nc2ncc(F)c(n2)N[C@@H]2[C@@H]3C[C@@H](C[C@H]31)[C@@H]2C(N)=O. The lowest BCUT2D eigenvalue weighted by Crippen LogP contribution is -2.50. The standard InChI is InChI=1S/C21H24FN7O2/c1-9-13-5-10-6-14(13)17(16(10)18(23)30)28-19-15(22)8-24-20(29-19)26-11-3-2-4-12(7-11)27-21(31)25-9/h2-4,7-10,13-14,16-17H,5-6H2,1H3,(H2,23,30)(H2,25,27,31)(H2,24,26,28,29)/t9-,10-,13+,14-,16+,17-/m1/s1. The fraction of sp³-hybridized carbons (Fsp3) is 0.429. The predicted octanol–water partition coefficient (Wildman–Crippen LogP) is 2.42. The minimum absolute atomic E-state index is 0.0286. The predicted molar refractivity (Wildman–Crippen MR) is 113 cm³/mol. The first-order valence-corrected chi connectivity index (χ1v) is 10.4. The summed E-state index contributed by atoms with van der Waals surface area (Å²) in [6.45, 7) is 1.96. The Morgan fingerprint density at radius 1 is 1.16 bits per heavy atom. The van der Waals surface area contributed by atoms with Gasteiger partial charge in [0.1, 0.15) is 0 Å². The number of primary amides is 1. The maximum absolute atomic E-state index is 14.6. The van der Waals surface area contributed by atoms with Crippen molar-refractivity contribution in [2.24, 2.45) is 29.4 Å². The number of nitrogens with zero attached hydrogens (tertiary/aromatic N) is 2. The molecule has 2 aliphatic carbocycles. The highest BCUT2D eigenvalue weighted by atomic mass is 19.1. The van der Waals surface area contributed by atoms with E-state index in [2.05, 4.69) is 31.2 Å². The fourth-order valence-corrected chi connectivity index (χ4v) is 5.56. The Balaban J connectivity index is 1.56. The molecule has 31 heavy (non-hydrogen) atoms. The van der Waals surface area contributed by atoms with Gasteiger partial charge in [-0.3, -0.25) is 4.79 Å². The van der Waals surface area contributed by atoms with Gasteiger partial charge < -0.3 is 27.0 Å². The molecule has 0 saturated heterocycles. The average molecular weight is 425 g/mol. The molecule has 10 heteroatoms. The Morgan fingerprint density at radius 2 is 1.90 bits per heavy atom. The van der Waals surface area contributed by atoms with Gasteiger partial charge in [0.25, 0.3) is 0 Å². The number of rotatable bonds is 1. The molecule has 1 aliphatic heterocycles. The third-order valence-electron chi connectivity index (χ3n) is 6.81. The molecule has 0 unspecified atom stereocenters. The lowest BCUT2D eigenvalue weighted by atomic mass is 9.75. The van der Waals surface area contributed by atoms with E-state index in [1.165, 1.54) is 0 Å². The topological polar surface area (TPSA) is 134 Å². The van der Waals surface area contributed by atoms with Gasteiger partial charge in [-0.2, -0.15) is 4.98 Å². The average Bonchev–Trinajstić information content (AvgIpc) is 3.29. The summed E-state index contributed by atoms with van der Waals surface area (Å²) in [4.78, 5) is 33.1. The molecule has 6 bridgehead atoms. The van der Waals surface area contributed by atoms with Gasteiger partial charge in [0.05, 0.1) is 12.1 Å². The van der Waals surface area contributed by atoms with Gasteiger partial charge >= 0.3 is 6.03 Å². The molecule has 5 rings (SSSR count). The Labute approximate surface area is 178 Å². The van der Waals surface area contributed by atoms with Crippen molar-refractivity contribution in [3.8, 4) is 0 Å². The number of amides is 3. The largest absolute Gasteiger partial charge is 0.369 e. The second kappa shape index (κ2) is 7.36. The number of carbonyl (C=O) groups is 2. The summed E-state index contributed by atoms with van der Waals surface area (Å²) in [7, 11) is 0. The maximum atomic E-state index is 14.6. The number of nitrogens with two attached hydrogens (primary N) is 1. The van der Waals surface area contributed by atoms with Crippen molar-refractivity contribution in [1.82, 2.24) is 15.3 Å². The van der Waals surface area contributed by atoms with E-state index in [0.717, 1.165) is 19.0 Å². The highest BCUT2D eigenvalue weighted by molar-refractivity contribution is 5.90. The number of benzene rings is 1. The molecule has 2 fully saturated rings. The molecule has 1 aromatic heterocycles. The van der Waals surface area contributed by atoms with Crippen LogP contribution in [0.3, 0.4) is 0 Å². The second-order valence-electron chi connectivity index (χ2n) is 8.64. The summed E-state index contributed by atoms with van der Waals surface area (Å²) in [5, 5.41) is 12.0. The summed E-state index contributed by atoms with van der Waals surface area (Å²) in [5.74, 6) is -0.926. The van der Waals surface area contributed by atoms with Crippen molar-refractivity contribution in [3.05, 3.63) is 36.3 Å². The van der Waals surface area contributed by atoms with Crippen molar-refractivity contribution in [2.75, 3.05) is 16.0 Å². The van der Waals surface area contributed by atoms with Crippen molar-refractivity contribution in [1.29, 1.82) is 0 Å². The molecule has 2 saturated carbocycles. The first-order valence-electron chi connectivity index (χ1n) is 10.4. The zero-order valence-electron chi connectivity index (χ0n) is 16.9. The number of anilines is 4. The fourth-order valence-electron chi connectivity index (χ4n) is 5.56. The van der Waals surface area contributed by atoms with Crippen molar-refractivity contribution in [2.45, 2.75) is 31.8 Å². The number of hydrogen-bond donors (Lipinski definition) is 5. The van der Waals surface area contributed by atoms with Crippen LogP contribution in [-0.4, -0.2) is 34.0 Å². The Bertz CT molecular complexity index is 1050. The molecule has 0 radical (unpaired) electrons. The normalized spacial score (nSPS) is 31.4. The van der Waals surface area contributed by atoms with Crippen LogP contribution in [0.25, 0.3) is 0 Å². The number of urea groups is 1. The molecule has 6 N–H and O–H groups in total. The minimum atomic E-state index is -0.603. The van der Waals surface area contributed by atoms with E-state index in [1.54, 1.807) is 24.3 Å². The smallest absolute Gasteiger partial charge is 0.319 e. The molecule has 1 aromatic carbocycles. The van der Waals surface area contributed by atoms with Crippen molar-refractivity contribution in [3.63, 3.8) is 0 Å². The minimum Gasteiger partial charge on any atom is -0.369 e. The Morgan fingerprint density at radius 3 is 2.68 bits per heavy atom. The number of halogens is 1. The third-order valence-corrected chi connectivity index (χ3v) is 6.81. The van der Waals surface area contributed by atoms with Crippen LogP contribution < -0.4 is 27.0 Å². The summed E-state index contributed by atoms with van der Waals surface area (Å²) >= 11 is 0. The van der Waals surface area contributed by atoms with E-state index in [0.29, 0.717) is 11.4 Å². The van der Waals surface area contributed by atoms with Crippen LogP contribution in [0.2, 0.25) is 0 Å². The van der Waals surface area contributed by atoms with Crippen molar-refractivity contribution >= 4 is 35.1 Å². The van der Waals surface area contributed by atoms with E-state index in [9.17, 15) is 14.0 Å². The zero-order chi connectivity index (χ0) is 21.7. The quantitative estimate of drug-likeness (QED) is 0.476. The van der Waals surface area contributed by atoms with E-state index in [1.807, 2.05) is 6.92 Å². The second-order valence-corrected chi connectivity index (χ2v) is 8.64. The van der Waals surface area contributed by atoms with Gasteiger partial charge in [0.15, 0.2) is 11.6 Å². The molecule has 3 amide bonds. The summed E-state index contributed by atoms with van der Waals surface area (Å²) in [6.07, 6.45) is 2.67. The molecule has 9 nitrogen and oxygen atoms in total. The van der Waals surface area contributed by atoms with Crippen LogP contribution in [0.1, 0.15) is 19.8 Å². The summed E-state index contributed by atoms with van der Waals surface area (Å²) in [6, 6.07) is 6.28. The molecular weight excluding hydrogens is 401 g/mol. The van der Waals surface area contributed by atoms with Gasteiger partial charge in [-0.1, -0.05) is 6.07 Å². The molecule has 162 valence electrons. The third kappa shape index (κ3) is 3.51. The molecule has 2 heterocycles. The number of aromatic nitrogens is 2. The van der Waals surface area contributed by atoms with E-state index >= 15 is 0 Å². The van der Waals surface area contributed by atoms with Gasteiger partial charge in [-0.05, 0) is 55.7 Å². The molecular formula is C21H24FN7O2. The van der Waals surface area contributed by atoms with E-state index in [4.69, 9.17) is 5.73 Å². The monoisotopic (exact) mass is 425 g/mol. The lowest BCUT2D eigenvalue weighted by molar-refractivity contribution is -0.123. The van der Waals surface area contributed by atoms with Crippen LogP contribution in [0.5, 0.6) is 0 Å². The Hall–Kier alpha value is -3.43. The molecule has 6 atom stereocenters. The van der Waals surface area contributed by atoms with Gasteiger partial charge in [-0.25, -0.2) is 14.2 Å². The molecule has 2 aromatic rings. The van der Waals surface area contributed by atoms with Crippen LogP contribution in [-0.2, 0) is 4.79 Å². The highest BCUT2D eigenvalue weighted by Crippen LogP contribution is 2.53. The van der Waals surface area contributed by atoms with Crippen LogP contribution >= 0.6 is 0 Å². The highest BCUT2D eigenvalue weighted by Gasteiger charge is 2.56. The molecule has 0 spiro atoms. The van der Waals surface area contributed by atoms with E-state index in [-0.39, 0.29) is 47.6 Å². The number of nitrogens with one attached hydrogen (secondary N) is 4. The number of fused-ring (bicyclic) bond motifs is 5. The van der Waals surface area contributed by atoms with Gasteiger partial charge in [-0.15, -0.1) is 0 Å². The van der Waals surface area contributed by atoms with Crippen molar-refractivity contribution < 1.29 is 14.0 Å². The lowest BCUT2D eigenvalue weighted by Gasteiger charge is -2.38. The van der Waals surface area contributed by atoms with Crippen LogP contribution in [0.15, 0.2) is 30.5 Å². The van der Waals surface area contributed by atoms with Crippen LogP contribution in [0.4, 0.5) is 32.3 Å². The number of hydrogen-bond acceptors (Lipinski definition) is 6. The first kappa shape index (κ1) is 19.5. The van der Waals surface area contributed by atoms with Crippen LogP contribution in [0, 0.1) is 29.5 Å². The molecule has 3 aliphatic rings. The first-order chi connectivity index (χ1) is 14.9. The maximum Gasteiger partial charge on any atom is 0.319 e. The Kier molecular flexibility index (Phi) is 4.64. The summed E-state index contributed by atoms with van der Waals surface area (Å²) in [5.41, 5.74) is 6.95.